The molecule has 2 aliphatic rings. The van der Waals surface area contributed by atoms with Gasteiger partial charge in [0.15, 0.2) is 11.5 Å². The Hall–Kier alpha value is -4.80. The van der Waals surface area contributed by atoms with Gasteiger partial charge < -0.3 is 8.83 Å². The fourth-order valence-electron chi connectivity index (χ4n) is 7.71. The molecular formula is C42H50N2O8+2. The molecule has 2 aliphatic heterocycles. The molecule has 2 saturated heterocycles. The molecule has 0 atom stereocenters. The summed E-state index contributed by atoms with van der Waals surface area (Å²) in [4.78, 5) is 64.4. The largest absolute Gasteiger partial charge is 0.461 e. The standard InChI is InChI=1S/C42H50N2O8/c45-37(39-15-9-31-49-39)23-29-43(25-19-35(20-26-43)33-11-3-1-4-12-33)51-41(47)17-7-8-18-42(48)52-44(30-24-38(46)40-16-10-32-50-40)27-21-36(22-28-44)34-13-5-2-6-14-34/h1-6,9-16,31-32,35-36H,7-8,17-30H2/q+2. The van der Waals surface area contributed by atoms with Crippen LogP contribution in [0.2, 0.25) is 0 Å². The van der Waals surface area contributed by atoms with Crippen LogP contribution in [-0.2, 0) is 19.3 Å². The predicted octanol–water partition coefficient (Wildman–Crippen LogP) is 7.98. The number of piperidine rings is 2. The van der Waals surface area contributed by atoms with E-state index in [0.29, 0.717) is 75.5 Å². The number of hydroxylamine groups is 6. The lowest BCUT2D eigenvalue weighted by atomic mass is 9.89. The molecule has 0 aliphatic carbocycles. The SMILES string of the molecule is O=C(CCCCC(=O)O[N+]1(CCC(=O)c2ccco2)CCC(c2ccccc2)CC1)O[N+]1(CCC(=O)c2ccco2)CCC(c2ccccc2)CC1. The van der Waals surface area contributed by atoms with E-state index in [2.05, 4.69) is 24.3 Å². The molecule has 4 heterocycles. The fraction of sp³-hybridized carbons (Fsp3) is 0.429. The summed E-state index contributed by atoms with van der Waals surface area (Å²) in [6.07, 6.45) is 8.04. The minimum absolute atomic E-state index is 0.108. The molecule has 0 spiro atoms. The summed E-state index contributed by atoms with van der Waals surface area (Å²) in [5, 5.41) is 0. The van der Waals surface area contributed by atoms with E-state index < -0.39 is 0 Å². The molecular weight excluding hydrogens is 660 g/mol. The number of ketones is 2. The first-order chi connectivity index (χ1) is 25.3. The van der Waals surface area contributed by atoms with Crippen LogP contribution in [0.25, 0.3) is 0 Å². The molecule has 274 valence electrons. The number of Topliss-reactive ketones (excluding diaryl/α,β-unsaturated/α-hetero) is 2. The Bertz CT molecular complexity index is 1590. The molecule has 52 heavy (non-hydrogen) atoms. The Balaban J connectivity index is 1.000. The van der Waals surface area contributed by atoms with Crippen molar-refractivity contribution in [3.63, 3.8) is 0 Å². The van der Waals surface area contributed by atoms with Gasteiger partial charge in [-0.25, -0.2) is 9.59 Å². The van der Waals surface area contributed by atoms with E-state index in [1.165, 1.54) is 23.7 Å². The molecule has 10 heteroatoms. The molecule has 0 saturated carbocycles. The molecule has 10 nitrogen and oxygen atoms in total. The Kier molecular flexibility index (Phi) is 12.5. The molecule has 2 fully saturated rings. The van der Waals surface area contributed by atoms with Crippen molar-refractivity contribution in [2.45, 2.75) is 76.0 Å². The highest BCUT2D eigenvalue weighted by Crippen LogP contribution is 2.34. The van der Waals surface area contributed by atoms with E-state index in [1.807, 2.05) is 36.4 Å². The lowest BCUT2D eigenvalue weighted by Crippen LogP contribution is -2.54. The Morgan fingerprint density at radius 3 is 1.25 bits per heavy atom. The van der Waals surface area contributed by atoms with E-state index in [1.54, 1.807) is 24.3 Å². The summed E-state index contributed by atoms with van der Waals surface area (Å²) in [7, 11) is 0. The molecule has 2 aromatic heterocycles. The number of rotatable bonds is 17. The fourth-order valence-corrected chi connectivity index (χ4v) is 7.71. The number of furan rings is 2. The first kappa shape index (κ1) is 37.0. The van der Waals surface area contributed by atoms with Gasteiger partial charge >= 0.3 is 11.9 Å². The van der Waals surface area contributed by atoms with Crippen LogP contribution >= 0.6 is 0 Å². The second kappa shape index (κ2) is 17.6. The Labute approximate surface area is 305 Å². The van der Waals surface area contributed by atoms with E-state index >= 15 is 0 Å². The van der Waals surface area contributed by atoms with Gasteiger partial charge in [0.25, 0.3) is 0 Å². The molecule has 0 radical (unpaired) electrons. The normalized spacial score (nSPS) is 23.1. The van der Waals surface area contributed by atoms with Crippen LogP contribution < -0.4 is 0 Å². The molecule has 6 rings (SSSR count). The average Bonchev–Trinajstić information content (AvgIpc) is 3.93. The zero-order valence-electron chi connectivity index (χ0n) is 29.9. The number of hydrogen-bond acceptors (Lipinski definition) is 8. The third-order valence-corrected chi connectivity index (χ3v) is 10.8. The van der Waals surface area contributed by atoms with Gasteiger partial charge in [0, 0.05) is 25.7 Å². The molecule has 0 N–H and O–H groups in total. The second-order valence-corrected chi connectivity index (χ2v) is 14.3. The van der Waals surface area contributed by atoms with Crippen molar-refractivity contribution in [2.75, 3.05) is 39.3 Å². The molecule has 0 unspecified atom stereocenters. The number of nitrogens with zero attached hydrogens (tertiary/aromatic N) is 2. The van der Waals surface area contributed by atoms with Crippen LogP contribution in [-0.4, -0.2) is 72.1 Å². The zero-order chi connectivity index (χ0) is 36.2. The van der Waals surface area contributed by atoms with Crippen molar-refractivity contribution < 1.29 is 47.0 Å². The van der Waals surface area contributed by atoms with Crippen LogP contribution in [0.3, 0.4) is 0 Å². The van der Waals surface area contributed by atoms with Gasteiger partial charge in [0.05, 0.1) is 38.2 Å². The summed E-state index contributed by atoms with van der Waals surface area (Å²) >= 11 is 0. The number of hydrogen-bond donors (Lipinski definition) is 0. The number of carbonyl (C=O) groups is 4. The summed E-state index contributed by atoms with van der Waals surface area (Å²) in [5.41, 5.74) is 2.55. The molecule has 4 aromatic rings. The number of quaternary nitrogens is 2. The van der Waals surface area contributed by atoms with Gasteiger partial charge in [-0.1, -0.05) is 60.7 Å². The topological polar surface area (TPSA) is 113 Å². The average molecular weight is 711 g/mol. The van der Waals surface area contributed by atoms with Gasteiger partial charge in [-0.2, -0.15) is 0 Å². The third kappa shape index (κ3) is 9.95. The van der Waals surface area contributed by atoms with Gasteiger partial charge in [0.1, 0.15) is 39.3 Å². The maximum Gasteiger partial charge on any atom is 0.366 e. The van der Waals surface area contributed by atoms with Crippen molar-refractivity contribution >= 4 is 23.5 Å². The van der Waals surface area contributed by atoms with Gasteiger partial charge in [-0.3, -0.25) is 19.3 Å². The maximum absolute atomic E-state index is 13.2. The zero-order valence-corrected chi connectivity index (χ0v) is 29.9. The van der Waals surface area contributed by atoms with Crippen LogP contribution in [0.5, 0.6) is 0 Å². The van der Waals surface area contributed by atoms with Crippen molar-refractivity contribution in [2.24, 2.45) is 0 Å². The number of likely N-dealkylation sites (tertiary alicyclic amines) is 2. The van der Waals surface area contributed by atoms with Gasteiger partial charge in [-0.05, 0) is 60.1 Å². The summed E-state index contributed by atoms with van der Waals surface area (Å²) in [6.45, 7) is 3.25. The summed E-state index contributed by atoms with van der Waals surface area (Å²) in [6, 6.07) is 27.4. The van der Waals surface area contributed by atoms with E-state index in [9.17, 15) is 19.2 Å². The van der Waals surface area contributed by atoms with Crippen LogP contribution in [0.4, 0.5) is 0 Å². The highest BCUT2D eigenvalue weighted by molar-refractivity contribution is 5.93. The maximum atomic E-state index is 13.2. The molecule has 0 amide bonds. The van der Waals surface area contributed by atoms with E-state index in [-0.39, 0.29) is 58.5 Å². The molecule has 0 bridgehead atoms. The Morgan fingerprint density at radius 1 is 0.519 bits per heavy atom. The number of carbonyl (C=O) groups excluding carboxylic acids is 4. The van der Waals surface area contributed by atoms with E-state index in [4.69, 9.17) is 18.5 Å². The van der Waals surface area contributed by atoms with Gasteiger partial charge in [-0.15, -0.1) is 9.29 Å². The van der Waals surface area contributed by atoms with Crippen LogP contribution in [0.1, 0.15) is 108 Å². The number of unbranched alkanes of at least 4 members (excludes halogenated alkanes) is 1. The monoisotopic (exact) mass is 710 g/mol. The van der Waals surface area contributed by atoms with E-state index in [0.717, 1.165) is 25.7 Å². The first-order valence-corrected chi connectivity index (χ1v) is 18.7. The highest BCUT2D eigenvalue weighted by atomic mass is 16.7. The smallest absolute Gasteiger partial charge is 0.366 e. The van der Waals surface area contributed by atoms with Crippen molar-refractivity contribution in [1.82, 2.24) is 0 Å². The van der Waals surface area contributed by atoms with Crippen molar-refractivity contribution in [3.8, 4) is 0 Å². The second-order valence-electron chi connectivity index (χ2n) is 14.3. The third-order valence-electron chi connectivity index (χ3n) is 10.8. The summed E-state index contributed by atoms with van der Waals surface area (Å²) < 4.78 is 10.8. The van der Waals surface area contributed by atoms with Crippen molar-refractivity contribution in [1.29, 1.82) is 0 Å². The quantitative estimate of drug-likeness (QED) is 0.0616. The minimum atomic E-state index is -0.333. The van der Waals surface area contributed by atoms with Crippen molar-refractivity contribution in [3.05, 3.63) is 120 Å². The summed E-state index contributed by atoms with van der Waals surface area (Å²) in [5.74, 6) is 0.468. The number of benzene rings is 2. The lowest BCUT2D eigenvalue weighted by molar-refractivity contribution is -1.09. The highest BCUT2D eigenvalue weighted by Gasteiger charge is 2.41. The minimum Gasteiger partial charge on any atom is -0.461 e. The van der Waals surface area contributed by atoms with Crippen LogP contribution in [0, 0.1) is 0 Å². The predicted molar refractivity (Wildman–Crippen MR) is 193 cm³/mol. The lowest BCUT2D eigenvalue weighted by Gasteiger charge is -2.40. The first-order valence-electron chi connectivity index (χ1n) is 18.7. The van der Waals surface area contributed by atoms with Gasteiger partial charge in [0.2, 0.25) is 11.6 Å². The van der Waals surface area contributed by atoms with Crippen LogP contribution in [0.15, 0.2) is 106 Å². The molecule has 2 aromatic carbocycles. The Morgan fingerprint density at radius 2 is 0.904 bits per heavy atom.